The van der Waals surface area contributed by atoms with Gasteiger partial charge in [0.1, 0.15) is 13.2 Å². The minimum Gasteiger partial charge on any atom is -0.461 e. The Bertz CT molecular complexity index is 727. The summed E-state index contributed by atoms with van der Waals surface area (Å²) in [6.45, 7) is -0.162. The standard InChI is InChI=1S/C18H15Cl3O4/c19-18(20,21)12-25-16(22)10-14-7-4-8-15(9-14)17(23)24-11-13-5-2-1-3-6-13/h1-9H,10-12H2. The average molecular weight is 402 g/mol. The smallest absolute Gasteiger partial charge is 0.338 e. The number of carbonyl (C=O) groups is 2. The molecule has 0 saturated heterocycles. The van der Waals surface area contributed by atoms with Crippen molar-refractivity contribution in [2.75, 3.05) is 6.61 Å². The molecule has 0 spiro atoms. The Morgan fingerprint density at radius 1 is 0.880 bits per heavy atom. The van der Waals surface area contributed by atoms with E-state index in [1.54, 1.807) is 24.3 Å². The quantitative estimate of drug-likeness (QED) is 0.528. The molecule has 7 heteroatoms. The van der Waals surface area contributed by atoms with E-state index in [4.69, 9.17) is 44.3 Å². The number of ether oxygens (including phenoxy) is 2. The largest absolute Gasteiger partial charge is 0.461 e. The second-order valence-corrected chi connectivity index (χ2v) is 7.73. The zero-order valence-corrected chi connectivity index (χ0v) is 15.4. The molecule has 0 amide bonds. The number of halogens is 3. The fourth-order valence-electron chi connectivity index (χ4n) is 1.99. The summed E-state index contributed by atoms with van der Waals surface area (Å²) in [5.41, 5.74) is 1.84. The SMILES string of the molecule is O=C(Cc1cccc(C(=O)OCc2ccccc2)c1)OCC(Cl)(Cl)Cl. The predicted octanol–water partition coefficient (Wildman–Crippen LogP) is 4.50. The minimum absolute atomic E-state index is 0.0411. The first-order valence-corrected chi connectivity index (χ1v) is 8.49. The molecule has 0 saturated carbocycles. The van der Waals surface area contributed by atoms with Gasteiger partial charge in [0.15, 0.2) is 0 Å². The predicted molar refractivity (Wildman–Crippen MR) is 97.0 cm³/mol. The maximum atomic E-state index is 12.1. The van der Waals surface area contributed by atoms with Crippen molar-refractivity contribution in [1.29, 1.82) is 0 Å². The molecule has 0 heterocycles. The van der Waals surface area contributed by atoms with Crippen LogP contribution >= 0.6 is 34.8 Å². The van der Waals surface area contributed by atoms with Crippen LogP contribution in [0.3, 0.4) is 0 Å². The summed E-state index contributed by atoms with van der Waals surface area (Å²) in [5.74, 6) is -1.03. The summed E-state index contributed by atoms with van der Waals surface area (Å²) in [5, 5.41) is 0. The molecular weight excluding hydrogens is 387 g/mol. The Labute approximate surface area is 160 Å². The summed E-state index contributed by atoms with van der Waals surface area (Å²) in [6, 6.07) is 15.9. The van der Waals surface area contributed by atoms with Gasteiger partial charge < -0.3 is 9.47 Å². The third-order valence-electron chi connectivity index (χ3n) is 3.12. The molecule has 4 nitrogen and oxygen atoms in total. The first-order valence-electron chi connectivity index (χ1n) is 7.36. The van der Waals surface area contributed by atoms with E-state index in [2.05, 4.69) is 0 Å². The van der Waals surface area contributed by atoms with E-state index in [9.17, 15) is 9.59 Å². The zero-order chi connectivity index (χ0) is 18.3. The Morgan fingerprint density at radius 3 is 2.24 bits per heavy atom. The van der Waals surface area contributed by atoms with E-state index in [0.717, 1.165) is 5.56 Å². The molecule has 0 aliphatic heterocycles. The van der Waals surface area contributed by atoms with Crippen molar-refractivity contribution in [2.24, 2.45) is 0 Å². The van der Waals surface area contributed by atoms with Crippen molar-refractivity contribution in [3.05, 3.63) is 71.3 Å². The summed E-state index contributed by atoms with van der Waals surface area (Å²) in [6.07, 6.45) is -0.0411. The summed E-state index contributed by atoms with van der Waals surface area (Å²) < 4.78 is 8.47. The molecular formula is C18H15Cl3O4. The number of carbonyl (C=O) groups excluding carboxylic acids is 2. The van der Waals surface area contributed by atoms with Gasteiger partial charge in [0.05, 0.1) is 12.0 Å². The van der Waals surface area contributed by atoms with Crippen LogP contribution in [0.5, 0.6) is 0 Å². The molecule has 0 aromatic heterocycles. The lowest BCUT2D eigenvalue weighted by molar-refractivity contribution is -0.142. The van der Waals surface area contributed by atoms with Crippen LogP contribution in [-0.2, 0) is 27.3 Å². The highest BCUT2D eigenvalue weighted by Crippen LogP contribution is 2.26. The van der Waals surface area contributed by atoms with Crippen LogP contribution in [0.2, 0.25) is 0 Å². The molecule has 2 aromatic carbocycles. The van der Waals surface area contributed by atoms with Gasteiger partial charge in [-0.3, -0.25) is 4.79 Å². The lowest BCUT2D eigenvalue weighted by Crippen LogP contribution is -2.18. The van der Waals surface area contributed by atoms with Gasteiger partial charge in [0.25, 0.3) is 0 Å². The molecule has 0 radical (unpaired) electrons. The first kappa shape index (κ1) is 19.6. The van der Waals surface area contributed by atoms with E-state index in [0.29, 0.717) is 11.1 Å². The Balaban J connectivity index is 1.91. The number of hydrogen-bond donors (Lipinski definition) is 0. The van der Waals surface area contributed by atoms with E-state index >= 15 is 0 Å². The van der Waals surface area contributed by atoms with E-state index in [-0.39, 0.29) is 19.6 Å². The monoisotopic (exact) mass is 400 g/mol. The molecule has 0 fully saturated rings. The van der Waals surface area contributed by atoms with Crippen LogP contribution in [0.25, 0.3) is 0 Å². The Kier molecular flexibility index (Phi) is 7.12. The minimum atomic E-state index is -1.65. The van der Waals surface area contributed by atoms with E-state index < -0.39 is 15.7 Å². The van der Waals surface area contributed by atoms with Crippen LogP contribution in [0.4, 0.5) is 0 Å². The molecule has 2 aromatic rings. The highest BCUT2D eigenvalue weighted by molar-refractivity contribution is 6.67. The van der Waals surface area contributed by atoms with Gasteiger partial charge in [-0.25, -0.2) is 4.79 Å². The molecule has 2 rings (SSSR count). The second-order valence-electron chi connectivity index (χ2n) is 5.21. The van der Waals surface area contributed by atoms with Crippen LogP contribution in [0.1, 0.15) is 21.5 Å². The van der Waals surface area contributed by atoms with Crippen molar-refractivity contribution in [1.82, 2.24) is 0 Å². The zero-order valence-electron chi connectivity index (χ0n) is 13.1. The molecule has 132 valence electrons. The first-order chi connectivity index (χ1) is 11.8. The number of rotatable bonds is 6. The van der Waals surface area contributed by atoms with Gasteiger partial charge in [-0.1, -0.05) is 77.3 Å². The molecule has 25 heavy (non-hydrogen) atoms. The Hall–Kier alpha value is -1.75. The van der Waals surface area contributed by atoms with Crippen LogP contribution in [0.15, 0.2) is 54.6 Å². The summed E-state index contributed by atoms with van der Waals surface area (Å²) in [7, 11) is 0. The normalized spacial score (nSPS) is 11.0. The fraction of sp³-hybridized carbons (Fsp3) is 0.222. The van der Waals surface area contributed by atoms with Gasteiger partial charge >= 0.3 is 11.9 Å². The van der Waals surface area contributed by atoms with Crippen LogP contribution in [0, 0.1) is 0 Å². The van der Waals surface area contributed by atoms with Gasteiger partial charge in [-0.15, -0.1) is 0 Å². The average Bonchev–Trinajstić information content (AvgIpc) is 2.58. The van der Waals surface area contributed by atoms with Crippen molar-refractivity contribution in [3.63, 3.8) is 0 Å². The van der Waals surface area contributed by atoms with Crippen LogP contribution in [-0.4, -0.2) is 22.3 Å². The lowest BCUT2D eigenvalue weighted by atomic mass is 10.1. The highest BCUT2D eigenvalue weighted by Gasteiger charge is 2.22. The van der Waals surface area contributed by atoms with Crippen LogP contribution < -0.4 is 0 Å². The number of hydrogen-bond acceptors (Lipinski definition) is 4. The maximum Gasteiger partial charge on any atom is 0.338 e. The van der Waals surface area contributed by atoms with Crippen molar-refractivity contribution >= 4 is 46.7 Å². The number of benzene rings is 2. The third kappa shape index (κ3) is 7.34. The lowest BCUT2D eigenvalue weighted by Gasteiger charge is -2.11. The van der Waals surface area contributed by atoms with Gasteiger partial charge in [-0.05, 0) is 23.3 Å². The van der Waals surface area contributed by atoms with E-state index in [1.165, 1.54) is 0 Å². The van der Waals surface area contributed by atoms with Gasteiger partial charge in [0, 0.05) is 0 Å². The molecule has 0 aliphatic rings. The molecule has 0 aliphatic carbocycles. The highest BCUT2D eigenvalue weighted by atomic mass is 35.6. The van der Waals surface area contributed by atoms with Crippen molar-refractivity contribution < 1.29 is 19.1 Å². The van der Waals surface area contributed by atoms with Gasteiger partial charge in [0.2, 0.25) is 3.79 Å². The van der Waals surface area contributed by atoms with Crippen molar-refractivity contribution in [2.45, 2.75) is 16.8 Å². The molecule has 0 atom stereocenters. The molecule has 0 unspecified atom stereocenters. The summed E-state index contributed by atoms with van der Waals surface area (Å²) in [4.78, 5) is 23.9. The number of alkyl halides is 3. The number of esters is 2. The fourth-order valence-corrected chi connectivity index (χ4v) is 2.16. The summed E-state index contributed by atoms with van der Waals surface area (Å²) >= 11 is 16.6. The maximum absolute atomic E-state index is 12.1. The Morgan fingerprint density at radius 2 is 1.56 bits per heavy atom. The topological polar surface area (TPSA) is 52.6 Å². The second kappa shape index (κ2) is 9.09. The van der Waals surface area contributed by atoms with E-state index in [1.807, 2.05) is 30.3 Å². The van der Waals surface area contributed by atoms with Crippen molar-refractivity contribution in [3.8, 4) is 0 Å². The third-order valence-corrected chi connectivity index (χ3v) is 3.45. The molecule has 0 N–H and O–H groups in total. The van der Waals surface area contributed by atoms with Gasteiger partial charge in [-0.2, -0.15) is 0 Å². The molecule has 0 bridgehead atoms.